The van der Waals surface area contributed by atoms with Gasteiger partial charge in [0.05, 0.1) is 24.8 Å². The second kappa shape index (κ2) is 7.44. The lowest BCUT2D eigenvalue weighted by atomic mass is 10.1. The van der Waals surface area contributed by atoms with E-state index >= 15 is 0 Å². The number of aromatic amines is 1. The zero-order valence-corrected chi connectivity index (χ0v) is 13.8. The molecule has 0 aliphatic carbocycles. The number of hydrogen-bond donors (Lipinski definition) is 3. The molecule has 24 heavy (non-hydrogen) atoms. The van der Waals surface area contributed by atoms with Gasteiger partial charge < -0.3 is 15.3 Å². The lowest BCUT2D eigenvalue weighted by Gasteiger charge is -2.24. The van der Waals surface area contributed by atoms with Crippen LogP contribution in [0, 0.1) is 0 Å². The number of aryl methyl sites for hydroxylation is 1. The van der Waals surface area contributed by atoms with Crippen LogP contribution in [0.2, 0.25) is 0 Å². The van der Waals surface area contributed by atoms with Crippen molar-refractivity contribution in [1.82, 2.24) is 20.1 Å². The third-order valence-electron chi connectivity index (χ3n) is 4.35. The Labute approximate surface area is 141 Å². The average Bonchev–Trinajstić information content (AvgIpc) is 3.28. The minimum Gasteiger partial charge on any atom is -0.394 e. The summed E-state index contributed by atoms with van der Waals surface area (Å²) in [4.78, 5) is 19.0. The molecule has 0 bridgehead atoms. The maximum absolute atomic E-state index is 12.8. The highest BCUT2D eigenvalue weighted by Gasteiger charge is 2.29. The predicted molar refractivity (Wildman–Crippen MR) is 90.7 cm³/mol. The van der Waals surface area contributed by atoms with Crippen LogP contribution in [0.15, 0.2) is 24.3 Å². The van der Waals surface area contributed by atoms with E-state index in [-0.39, 0.29) is 18.6 Å². The molecule has 128 valence electrons. The van der Waals surface area contributed by atoms with Crippen LogP contribution in [-0.4, -0.2) is 50.3 Å². The molecule has 1 aromatic heterocycles. The SMILES string of the molecule is CCc1n[nH]c(CNc2ccccc2C(=O)N2CCCC2CO)n1. The van der Waals surface area contributed by atoms with Crippen molar-refractivity contribution in [3.63, 3.8) is 0 Å². The third kappa shape index (κ3) is 3.41. The van der Waals surface area contributed by atoms with Crippen LogP contribution in [0.3, 0.4) is 0 Å². The molecule has 7 nitrogen and oxygen atoms in total. The number of carbonyl (C=O) groups excluding carboxylic acids is 1. The Morgan fingerprint density at radius 1 is 1.46 bits per heavy atom. The van der Waals surface area contributed by atoms with Crippen LogP contribution in [0.5, 0.6) is 0 Å². The topological polar surface area (TPSA) is 94.1 Å². The molecule has 2 heterocycles. The van der Waals surface area contributed by atoms with Crippen molar-refractivity contribution in [2.75, 3.05) is 18.5 Å². The van der Waals surface area contributed by atoms with Crippen molar-refractivity contribution >= 4 is 11.6 Å². The van der Waals surface area contributed by atoms with E-state index in [9.17, 15) is 9.90 Å². The van der Waals surface area contributed by atoms with Gasteiger partial charge in [-0.1, -0.05) is 19.1 Å². The number of hydrogen-bond acceptors (Lipinski definition) is 5. The molecule has 0 saturated carbocycles. The van der Waals surface area contributed by atoms with Gasteiger partial charge in [-0.25, -0.2) is 4.98 Å². The van der Waals surface area contributed by atoms with Gasteiger partial charge >= 0.3 is 0 Å². The Hall–Kier alpha value is -2.41. The lowest BCUT2D eigenvalue weighted by Crippen LogP contribution is -2.37. The molecule has 1 aromatic carbocycles. The van der Waals surface area contributed by atoms with Gasteiger partial charge in [-0.15, -0.1) is 0 Å². The maximum Gasteiger partial charge on any atom is 0.256 e. The van der Waals surface area contributed by atoms with Gasteiger partial charge in [0.15, 0.2) is 5.82 Å². The van der Waals surface area contributed by atoms with E-state index in [0.717, 1.165) is 36.6 Å². The van der Waals surface area contributed by atoms with Crippen LogP contribution in [0.1, 0.15) is 41.8 Å². The first-order valence-electron chi connectivity index (χ1n) is 8.37. The molecule has 0 radical (unpaired) electrons. The van der Waals surface area contributed by atoms with Crippen molar-refractivity contribution in [2.24, 2.45) is 0 Å². The van der Waals surface area contributed by atoms with Gasteiger partial charge in [-0.2, -0.15) is 5.10 Å². The van der Waals surface area contributed by atoms with Crippen LogP contribution in [0.25, 0.3) is 0 Å². The summed E-state index contributed by atoms with van der Waals surface area (Å²) < 4.78 is 0. The number of amides is 1. The summed E-state index contributed by atoms with van der Waals surface area (Å²) in [5, 5.41) is 19.7. The molecule has 1 unspecified atom stereocenters. The second-order valence-electron chi connectivity index (χ2n) is 5.93. The molecule has 3 rings (SSSR count). The first-order valence-corrected chi connectivity index (χ1v) is 8.37. The number of para-hydroxylation sites is 1. The molecule has 1 saturated heterocycles. The molecule has 1 fully saturated rings. The smallest absolute Gasteiger partial charge is 0.256 e. The van der Waals surface area contributed by atoms with Gasteiger partial charge in [-0.3, -0.25) is 9.89 Å². The van der Waals surface area contributed by atoms with Crippen LogP contribution in [0.4, 0.5) is 5.69 Å². The van der Waals surface area contributed by atoms with E-state index < -0.39 is 0 Å². The lowest BCUT2D eigenvalue weighted by molar-refractivity contribution is 0.0678. The minimum atomic E-state index is -0.0769. The Balaban J connectivity index is 1.73. The molecule has 1 atom stereocenters. The molecular formula is C17H23N5O2. The summed E-state index contributed by atoms with van der Waals surface area (Å²) in [7, 11) is 0. The zero-order chi connectivity index (χ0) is 16.9. The van der Waals surface area contributed by atoms with Gasteiger partial charge in [0.1, 0.15) is 5.82 Å². The monoisotopic (exact) mass is 329 g/mol. The number of nitrogens with zero attached hydrogens (tertiary/aromatic N) is 3. The molecule has 3 N–H and O–H groups in total. The first kappa shape index (κ1) is 16.4. The van der Waals surface area contributed by atoms with Gasteiger partial charge in [0.25, 0.3) is 5.91 Å². The number of nitrogens with one attached hydrogen (secondary N) is 2. The van der Waals surface area contributed by atoms with Crippen molar-refractivity contribution in [3.05, 3.63) is 41.5 Å². The second-order valence-corrected chi connectivity index (χ2v) is 5.93. The Morgan fingerprint density at radius 3 is 3.04 bits per heavy atom. The number of anilines is 1. The fourth-order valence-corrected chi connectivity index (χ4v) is 3.02. The van der Waals surface area contributed by atoms with Gasteiger partial charge in [0, 0.05) is 18.7 Å². The summed E-state index contributed by atoms with van der Waals surface area (Å²) in [6, 6.07) is 7.37. The molecule has 0 spiro atoms. The van der Waals surface area contributed by atoms with Crippen LogP contribution in [-0.2, 0) is 13.0 Å². The minimum absolute atomic E-state index is 0.0131. The van der Waals surface area contributed by atoms with E-state index in [1.807, 2.05) is 31.2 Å². The normalized spacial score (nSPS) is 17.2. The predicted octanol–water partition coefficient (Wildman–Crippen LogP) is 1.58. The number of aromatic nitrogens is 3. The van der Waals surface area contributed by atoms with E-state index in [0.29, 0.717) is 18.7 Å². The van der Waals surface area contributed by atoms with Gasteiger partial charge in [-0.05, 0) is 25.0 Å². The molecular weight excluding hydrogens is 306 g/mol. The standard InChI is InChI=1S/C17H23N5O2/c1-2-15-19-16(21-20-15)10-18-14-8-4-3-7-13(14)17(24)22-9-5-6-12(22)11-23/h3-4,7-8,12,18,23H,2,5-6,9-11H2,1H3,(H,19,20,21). The Kier molecular flexibility index (Phi) is 5.10. The van der Waals surface area contributed by atoms with E-state index in [4.69, 9.17) is 0 Å². The zero-order valence-electron chi connectivity index (χ0n) is 13.8. The maximum atomic E-state index is 12.8. The number of likely N-dealkylation sites (tertiary alicyclic amines) is 1. The summed E-state index contributed by atoms with van der Waals surface area (Å²) in [5.41, 5.74) is 1.38. The largest absolute Gasteiger partial charge is 0.394 e. The van der Waals surface area contributed by atoms with E-state index in [1.54, 1.807) is 4.90 Å². The number of aliphatic hydroxyl groups is 1. The van der Waals surface area contributed by atoms with Crippen LogP contribution >= 0.6 is 0 Å². The summed E-state index contributed by atoms with van der Waals surface area (Å²) in [6.45, 7) is 3.18. The quantitative estimate of drug-likeness (QED) is 0.748. The Morgan fingerprint density at radius 2 is 2.29 bits per heavy atom. The summed E-state index contributed by atoms with van der Waals surface area (Å²) >= 11 is 0. The van der Waals surface area contributed by atoms with Crippen molar-refractivity contribution in [3.8, 4) is 0 Å². The number of aliphatic hydroxyl groups excluding tert-OH is 1. The molecule has 7 heteroatoms. The Bertz CT molecular complexity index is 700. The van der Waals surface area contributed by atoms with Gasteiger partial charge in [0.2, 0.25) is 0 Å². The molecule has 1 aliphatic rings. The fourth-order valence-electron chi connectivity index (χ4n) is 3.02. The van der Waals surface area contributed by atoms with Crippen molar-refractivity contribution < 1.29 is 9.90 Å². The van der Waals surface area contributed by atoms with Crippen LogP contribution < -0.4 is 5.32 Å². The van der Waals surface area contributed by atoms with Crippen molar-refractivity contribution in [2.45, 2.75) is 38.8 Å². The van der Waals surface area contributed by atoms with Crippen molar-refractivity contribution in [1.29, 1.82) is 0 Å². The number of carbonyl (C=O) groups is 1. The number of benzene rings is 1. The number of rotatable bonds is 6. The van der Waals surface area contributed by atoms with E-state index in [1.165, 1.54) is 0 Å². The van der Waals surface area contributed by atoms with E-state index in [2.05, 4.69) is 20.5 Å². The average molecular weight is 329 g/mol. The summed E-state index contributed by atoms with van der Waals surface area (Å²) in [6.07, 6.45) is 2.57. The summed E-state index contributed by atoms with van der Waals surface area (Å²) in [5.74, 6) is 1.48. The molecule has 1 amide bonds. The highest BCUT2D eigenvalue weighted by Crippen LogP contribution is 2.24. The highest BCUT2D eigenvalue weighted by molar-refractivity contribution is 5.99. The highest BCUT2D eigenvalue weighted by atomic mass is 16.3. The first-order chi connectivity index (χ1) is 11.7. The number of H-pyrrole nitrogens is 1. The fraction of sp³-hybridized carbons (Fsp3) is 0.471. The third-order valence-corrected chi connectivity index (χ3v) is 4.35. The molecule has 1 aliphatic heterocycles. The molecule has 2 aromatic rings.